The van der Waals surface area contributed by atoms with Crippen LogP contribution in [0.15, 0.2) is 164 Å². The summed E-state index contributed by atoms with van der Waals surface area (Å²) < 4.78 is 9.26. The van der Waals surface area contributed by atoms with E-state index in [9.17, 15) is 5.26 Å². The number of ether oxygens (including phenoxy) is 1. The molecule has 1 aliphatic heterocycles. The second-order valence-corrected chi connectivity index (χ2v) is 12.6. The summed E-state index contributed by atoms with van der Waals surface area (Å²) in [5.74, 6) is 2.49. The van der Waals surface area contributed by atoms with E-state index in [0.717, 1.165) is 61.9 Å². The van der Waals surface area contributed by atoms with E-state index in [2.05, 4.69) is 132 Å². The molecule has 0 fully saturated rings. The zero-order valence-corrected chi connectivity index (χ0v) is 26.3. The van der Waals surface area contributed by atoms with Gasteiger partial charge in [-0.15, -0.1) is 0 Å². The molecule has 0 atom stereocenters. The average molecular weight is 626 g/mol. The van der Waals surface area contributed by atoms with E-state index in [-0.39, 0.29) is 0 Å². The van der Waals surface area contributed by atoms with Crippen LogP contribution in [0.4, 0.5) is 0 Å². The summed E-state index contributed by atoms with van der Waals surface area (Å²) in [5, 5.41) is 9.64. The van der Waals surface area contributed by atoms with Gasteiger partial charge in [0.25, 0.3) is 0 Å². The van der Waals surface area contributed by atoms with Gasteiger partial charge in [-0.05, 0) is 82.4 Å². The molecule has 49 heavy (non-hydrogen) atoms. The molecule has 0 amide bonds. The maximum absolute atomic E-state index is 9.64. The molecule has 10 rings (SSSR count). The first-order chi connectivity index (χ1) is 24.3. The maximum Gasteiger partial charge on any atom is 0.145 e. The number of rotatable bonds is 3. The van der Waals surface area contributed by atoms with Crippen LogP contribution in [0.1, 0.15) is 27.8 Å². The van der Waals surface area contributed by atoms with Crippen molar-refractivity contribution >= 4 is 11.0 Å². The van der Waals surface area contributed by atoms with Crippen LogP contribution in [0, 0.1) is 11.3 Å². The third kappa shape index (κ3) is 3.82. The molecule has 8 aromatic rings. The minimum Gasteiger partial charge on any atom is -0.456 e. The lowest BCUT2D eigenvalue weighted by atomic mass is 9.65. The summed E-state index contributed by atoms with van der Waals surface area (Å²) in [6.45, 7) is 0. The summed E-state index contributed by atoms with van der Waals surface area (Å²) in [7, 11) is 0. The first-order valence-corrected chi connectivity index (χ1v) is 16.4. The van der Waals surface area contributed by atoms with Crippen LogP contribution >= 0.6 is 0 Å². The van der Waals surface area contributed by atoms with E-state index in [1.165, 1.54) is 22.3 Å². The summed E-state index contributed by atoms with van der Waals surface area (Å²) in [5.41, 5.74) is 12.9. The normalized spacial score (nSPS) is 13.2. The van der Waals surface area contributed by atoms with Crippen LogP contribution in [0.2, 0.25) is 0 Å². The third-order valence-corrected chi connectivity index (χ3v) is 10.1. The van der Waals surface area contributed by atoms with Gasteiger partial charge in [-0.1, -0.05) is 109 Å². The smallest absolute Gasteiger partial charge is 0.145 e. The van der Waals surface area contributed by atoms with E-state index in [0.29, 0.717) is 5.56 Å². The molecule has 0 unspecified atom stereocenters. The minimum atomic E-state index is -0.641. The Bertz CT molecular complexity index is 2600. The third-order valence-electron chi connectivity index (χ3n) is 10.1. The number of hydrogen-bond acceptors (Lipinski definition) is 3. The van der Waals surface area contributed by atoms with Gasteiger partial charge in [-0.3, -0.25) is 4.57 Å². The van der Waals surface area contributed by atoms with Crippen LogP contribution in [0.5, 0.6) is 11.5 Å². The number of nitrogens with zero attached hydrogens (tertiary/aromatic N) is 3. The highest BCUT2D eigenvalue weighted by Crippen LogP contribution is 2.63. The Hall–Kier alpha value is -6.70. The highest BCUT2D eigenvalue weighted by molar-refractivity contribution is 5.92. The van der Waals surface area contributed by atoms with Crippen LogP contribution in [0.25, 0.3) is 50.4 Å². The lowest BCUT2D eigenvalue weighted by molar-refractivity contribution is 0.438. The second kappa shape index (κ2) is 10.4. The number of nitriles is 1. The quantitative estimate of drug-likeness (QED) is 0.196. The van der Waals surface area contributed by atoms with Gasteiger partial charge in [0.15, 0.2) is 0 Å². The topological polar surface area (TPSA) is 50.8 Å². The van der Waals surface area contributed by atoms with Crippen molar-refractivity contribution in [1.82, 2.24) is 9.55 Å². The van der Waals surface area contributed by atoms with Gasteiger partial charge in [0.1, 0.15) is 17.3 Å². The van der Waals surface area contributed by atoms with E-state index in [1.54, 1.807) is 0 Å². The van der Waals surface area contributed by atoms with Gasteiger partial charge in [-0.2, -0.15) is 5.26 Å². The molecule has 2 aliphatic rings. The number of aromatic nitrogens is 2. The average Bonchev–Trinajstić information content (AvgIpc) is 3.70. The molecule has 4 nitrogen and oxygen atoms in total. The maximum atomic E-state index is 9.64. The molecule has 7 aromatic carbocycles. The zero-order valence-electron chi connectivity index (χ0n) is 26.3. The number of fused-ring (bicyclic) bond motifs is 10. The monoisotopic (exact) mass is 625 g/mol. The summed E-state index contributed by atoms with van der Waals surface area (Å²) in [6, 6.07) is 59.3. The molecule has 0 bridgehead atoms. The number of benzene rings is 7. The van der Waals surface area contributed by atoms with E-state index >= 15 is 0 Å². The van der Waals surface area contributed by atoms with Crippen molar-refractivity contribution in [2.45, 2.75) is 5.41 Å². The molecule has 0 saturated heterocycles. The number of para-hydroxylation sites is 4. The molecule has 1 aromatic heterocycles. The van der Waals surface area contributed by atoms with Gasteiger partial charge >= 0.3 is 0 Å². The van der Waals surface area contributed by atoms with E-state index < -0.39 is 5.41 Å². The largest absolute Gasteiger partial charge is 0.456 e. The molecular weight excluding hydrogens is 599 g/mol. The Morgan fingerprint density at radius 3 is 1.92 bits per heavy atom. The predicted octanol–water partition coefficient (Wildman–Crippen LogP) is 10.7. The molecule has 4 heteroatoms. The highest BCUT2D eigenvalue weighted by atomic mass is 16.5. The van der Waals surface area contributed by atoms with Crippen LogP contribution in [-0.4, -0.2) is 9.55 Å². The Labute approximate surface area is 283 Å². The highest BCUT2D eigenvalue weighted by Gasteiger charge is 2.51. The van der Waals surface area contributed by atoms with Crippen molar-refractivity contribution in [3.05, 3.63) is 192 Å². The van der Waals surface area contributed by atoms with Crippen LogP contribution in [0.3, 0.4) is 0 Å². The van der Waals surface area contributed by atoms with Gasteiger partial charge in [-0.25, -0.2) is 4.98 Å². The lowest BCUT2D eigenvalue weighted by Crippen LogP contribution is -2.32. The van der Waals surface area contributed by atoms with Gasteiger partial charge in [0, 0.05) is 27.9 Å². The van der Waals surface area contributed by atoms with Crippen molar-refractivity contribution in [3.63, 3.8) is 0 Å². The molecule has 0 N–H and O–H groups in total. The predicted molar refractivity (Wildman–Crippen MR) is 194 cm³/mol. The van der Waals surface area contributed by atoms with Gasteiger partial charge in [0.2, 0.25) is 0 Å². The SMILES string of the molecule is N#Cc1ccc(-c2cc(-c3nc4ccccc4n3-c3ccccc3)cc3c2Oc2ccccc2C32c3ccccc3-c3ccccc32)cc1. The molecule has 1 aliphatic carbocycles. The van der Waals surface area contributed by atoms with Crippen molar-refractivity contribution in [1.29, 1.82) is 5.26 Å². The minimum absolute atomic E-state index is 0.612. The van der Waals surface area contributed by atoms with Gasteiger partial charge in [0.05, 0.1) is 28.1 Å². The first-order valence-electron chi connectivity index (χ1n) is 16.4. The van der Waals surface area contributed by atoms with Crippen LogP contribution in [-0.2, 0) is 5.41 Å². The Balaban J connectivity index is 1.37. The Morgan fingerprint density at radius 2 is 1.18 bits per heavy atom. The fraction of sp³-hybridized carbons (Fsp3) is 0.0222. The molecule has 0 radical (unpaired) electrons. The van der Waals surface area contributed by atoms with Crippen molar-refractivity contribution in [3.8, 4) is 56.9 Å². The van der Waals surface area contributed by atoms with Crippen molar-refractivity contribution in [2.75, 3.05) is 0 Å². The van der Waals surface area contributed by atoms with Crippen LogP contribution < -0.4 is 4.74 Å². The number of imidazole rings is 1. The first kappa shape index (κ1) is 27.4. The zero-order chi connectivity index (χ0) is 32.5. The second-order valence-electron chi connectivity index (χ2n) is 12.6. The Morgan fingerprint density at radius 1 is 0.551 bits per heavy atom. The summed E-state index contributed by atoms with van der Waals surface area (Å²) in [6.07, 6.45) is 0. The fourth-order valence-corrected chi connectivity index (χ4v) is 8.08. The molecule has 0 saturated carbocycles. The van der Waals surface area contributed by atoms with Crippen molar-refractivity contribution in [2.24, 2.45) is 0 Å². The molecule has 1 spiro atoms. The fourth-order valence-electron chi connectivity index (χ4n) is 8.08. The summed E-state index contributed by atoms with van der Waals surface area (Å²) in [4.78, 5) is 5.30. The molecule has 228 valence electrons. The number of hydrogen-bond donors (Lipinski definition) is 0. The summed E-state index contributed by atoms with van der Waals surface area (Å²) >= 11 is 0. The molecule has 2 heterocycles. The van der Waals surface area contributed by atoms with E-state index in [1.807, 2.05) is 42.5 Å². The molecular formula is C45H27N3O. The van der Waals surface area contributed by atoms with Crippen molar-refractivity contribution < 1.29 is 4.74 Å². The van der Waals surface area contributed by atoms with E-state index in [4.69, 9.17) is 9.72 Å². The van der Waals surface area contributed by atoms with Gasteiger partial charge < -0.3 is 4.74 Å². The standard InChI is InChI=1S/C45H27N3O/c46-28-29-22-24-30(25-23-29)35-26-31(44-47-40-19-9-10-20-41(40)48(44)32-12-2-1-3-13-32)27-39-43(35)49-42-21-11-8-18-38(42)45(39)36-16-6-4-14-33(36)34-15-5-7-17-37(34)45/h1-27H. The Kier molecular flexibility index (Phi) is 5.82. The lowest BCUT2D eigenvalue weighted by Gasteiger charge is -2.40.